The minimum Gasteiger partial charge on any atom is -0.491 e. The number of hydrogen-bond donors (Lipinski definition) is 1. The van der Waals surface area contributed by atoms with Crippen molar-refractivity contribution in [1.29, 1.82) is 10.5 Å². The average molecular weight is 326 g/mol. The molecule has 0 saturated carbocycles. The molecule has 0 spiro atoms. The number of nitrogens with zero attached hydrogens (tertiary/aromatic N) is 2. The first-order valence-electron chi connectivity index (χ1n) is 7.22. The van der Waals surface area contributed by atoms with Gasteiger partial charge in [-0.1, -0.05) is 18.2 Å². The fraction of sp³-hybridized carbons (Fsp3) is 0.222. The van der Waals surface area contributed by atoms with E-state index in [0.717, 1.165) is 5.56 Å². The lowest BCUT2D eigenvalue weighted by Crippen LogP contribution is -2.25. The molecule has 1 unspecified atom stereocenters. The van der Waals surface area contributed by atoms with Crippen molar-refractivity contribution in [3.8, 4) is 23.6 Å². The smallest absolute Gasteiger partial charge is 0.144 e. The number of aliphatic hydroxyl groups is 1. The average Bonchev–Trinajstić information content (AvgIpc) is 2.59. The highest BCUT2D eigenvalue weighted by Crippen LogP contribution is 2.20. The summed E-state index contributed by atoms with van der Waals surface area (Å²) < 4.78 is 24.1. The van der Waals surface area contributed by atoms with E-state index in [2.05, 4.69) is 6.07 Å². The van der Waals surface area contributed by atoms with Gasteiger partial charge >= 0.3 is 0 Å². The first-order chi connectivity index (χ1) is 11.6. The SMILES string of the molecule is N#CCc1ccc(OCC(O)COc2cccc(F)c2C#N)cc1. The number of ether oxygens (including phenoxy) is 2. The molecule has 0 saturated heterocycles. The molecule has 0 heterocycles. The van der Waals surface area contributed by atoms with Gasteiger partial charge in [-0.15, -0.1) is 0 Å². The first kappa shape index (κ1) is 17.3. The maximum atomic E-state index is 13.4. The number of rotatable bonds is 7. The van der Waals surface area contributed by atoms with Gasteiger partial charge in [-0.3, -0.25) is 0 Å². The van der Waals surface area contributed by atoms with Crippen LogP contribution in [0.25, 0.3) is 0 Å². The molecule has 2 rings (SSSR count). The van der Waals surface area contributed by atoms with Gasteiger partial charge in [0.05, 0.1) is 12.5 Å². The van der Waals surface area contributed by atoms with Crippen molar-refractivity contribution in [3.63, 3.8) is 0 Å². The van der Waals surface area contributed by atoms with E-state index in [9.17, 15) is 9.50 Å². The van der Waals surface area contributed by atoms with Crippen LogP contribution in [-0.4, -0.2) is 24.4 Å². The topological polar surface area (TPSA) is 86.3 Å². The molecule has 5 nitrogen and oxygen atoms in total. The van der Waals surface area contributed by atoms with Crippen molar-refractivity contribution < 1.29 is 19.0 Å². The summed E-state index contributed by atoms with van der Waals surface area (Å²) in [5, 5.41) is 27.4. The zero-order chi connectivity index (χ0) is 17.4. The summed E-state index contributed by atoms with van der Waals surface area (Å²) in [4.78, 5) is 0. The van der Waals surface area contributed by atoms with E-state index in [4.69, 9.17) is 20.0 Å². The van der Waals surface area contributed by atoms with Gasteiger partial charge in [-0.25, -0.2) is 4.39 Å². The van der Waals surface area contributed by atoms with Crippen LogP contribution in [0.1, 0.15) is 11.1 Å². The molecule has 0 fully saturated rings. The summed E-state index contributed by atoms with van der Waals surface area (Å²) >= 11 is 0. The summed E-state index contributed by atoms with van der Waals surface area (Å²) in [7, 11) is 0. The van der Waals surface area contributed by atoms with Crippen LogP contribution in [0.2, 0.25) is 0 Å². The fourth-order valence-corrected chi connectivity index (χ4v) is 1.95. The third-order valence-corrected chi connectivity index (χ3v) is 3.17. The third-order valence-electron chi connectivity index (χ3n) is 3.17. The molecule has 0 amide bonds. The second-order valence-corrected chi connectivity index (χ2v) is 4.98. The van der Waals surface area contributed by atoms with Gasteiger partial charge in [0.15, 0.2) is 0 Å². The largest absolute Gasteiger partial charge is 0.491 e. The van der Waals surface area contributed by atoms with Crippen molar-refractivity contribution in [2.24, 2.45) is 0 Å². The molecule has 0 radical (unpaired) electrons. The van der Waals surface area contributed by atoms with Crippen molar-refractivity contribution in [2.45, 2.75) is 12.5 Å². The molecule has 0 aromatic heterocycles. The number of hydrogen-bond acceptors (Lipinski definition) is 5. The number of aliphatic hydroxyl groups excluding tert-OH is 1. The summed E-state index contributed by atoms with van der Waals surface area (Å²) in [6, 6.07) is 14.8. The maximum Gasteiger partial charge on any atom is 0.144 e. The summed E-state index contributed by atoms with van der Waals surface area (Å²) in [5.74, 6) is -0.0326. The normalized spacial score (nSPS) is 11.2. The molecule has 24 heavy (non-hydrogen) atoms. The molecule has 2 aromatic rings. The van der Waals surface area contributed by atoms with E-state index in [0.29, 0.717) is 12.2 Å². The van der Waals surface area contributed by atoms with Crippen LogP contribution in [0.3, 0.4) is 0 Å². The predicted octanol–water partition coefficient (Wildman–Crippen LogP) is 2.58. The Kier molecular flexibility index (Phi) is 6.13. The Hall–Kier alpha value is -3.09. The van der Waals surface area contributed by atoms with E-state index < -0.39 is 11.9 Å². The standard InChI is InChI=1S/C18H15FN2O3/c19-17-2-1-3-18(16(17)10-21)24-12-14(22)11-23-15-6-4-13(5-7-15)8-9-20/h1-7,14,22H,8,11-12H2. The highest BCUT2D eigenvalue weighted by Gasteiger charge is 2.12. The lowest BCUT2D eigenvalue weighted by Gasteiger charge is -2.14. The number of benzene rings is 2. The van der Waals surface area contributed by atoms with Crippen molar-refractivity contribution in [3.05, 3.63) is 59.4 Å². The van der Waals surface area contributed by atoms with Crippen LogP contribution in [-0.2, 0) is 6.42 Å². The van der Waals surface area contributed by atoms with Gasteiger partial charge in [0.25, 0.3) is 0 Å². The Morgan fingerprint density at radius 1 is 1.04 bits per heavy atom. The van der Waals surface area contributed by atoms with E-state index >= 15 is 0 Å². The van der Waals surface area contributed by atoms with Gasteiger partial charge in [0.2, 0.25) is 0 Å². The molecule has 0 aliphatic heterocycles. The molecule has 2 aromatic carbocycles. The molecule has 1 N–H and O–H groups in total. The quantitative estimate of drug-likeness (QED) is 0.845. The Bertz CT molecular complexity index is 763. The summed E-state index contributed by atoms with van der Waals surface area (Å²) in [6.45, 7) is -0.153. The van der Waals surface area contributed by atoms with Gasteiger partial charge < -0.3 is 14.6 Å². The Balaban J connectivity index is 1.84. The third kappa shape index (κ3) is 4.70. The van der Waals surface area contributed by atoms with E-state index in [1.54, 1.807) is 30.3 Å². The predicted molar refractivity (Wildman–Crippen MR) is 83.9 cm³/mol. The van der Waals surface area contributed by atoms with Crippen LogP contribution in [0, 0.1) is 28.5 Å². The van der Waals surface area contributed by atoms with Crippen LogP contribution < -0.4 is 9.47 Å². The van der Waals surface area contributed by atoms with Gasteiger partial charge in [-0.05, 0) is 29.8 Å². The van der Waals surface area contributed by atoms with Crippen LogP contribution in [0.4, 0.5) is 4.39 Å². The maximum absolute atomic E-state index is 13.4. The van der Waals surface area contributed by atoms with E-state index in [1.165, 1.54) is 18.2 Å². The molecule has 0 aliphatic carbocycles. The summed E-state index contributed by atoms with van der Waals surface area (Å²) in [5.41, 5.74) is 0.683. The molecule has 1 atom stereocenters. The van der Waals surface area contributed by atoms with Crippen molar-refractivity contribution in [2.75, 3.05) is 13.2 Å². The monoisotopic (exact) mass is 326 g/mol. The van der Waals surface area contributed by atoms with Crippen molar-refractivity contribution >= 4 is 0 Å². The molecule has 0 aliphatic rings. The molecular weight excluding hydrogens is 311 g/mol. The molecule has 6 heteroatoms. The highest BCUT2D eigenvalue weighted by atomic mass is 19.1. The van der Waals surface area contributed by atoms with Crippen LogP contribution in [0.15, 0.2) is 42.5 Å². The van der Waals surface area contributed by atoms with Crippen LogP contribution in [0.5, 0.6) is 11.5 Å². The Morgan fingerprint density at radius 2 is 1.75 bits per heavy atom. The zero-order valence-corrected chi connectivity index (χ0v) is 12.8. The summed E-state index contributed by atoms with van der Waals surface area (Å²) in [6.07, 6.45) is -0.621. The lowest BCUT2D eigenvalue weighted by molar-refractivity contribution is 0.0624. The van der Waals surface area contributed by atoms with Crippen LogP contribution >= 0.6 is 0 Å². The fourth-order valence-electron chi connectivity index (χ4n) is 1.95. The number of halogens is 1. The molecular formula is C18H15FN2O3. The van der Waals surface area contributed by atoms with E-state index in [1.807, 2.05) is 0 Å². The minimum atomic E-state index is -0.946. The molecule has 122 valence electrons. The first-order valence-corrected chi connectivity index (χ1v) is 7.22. The highest BCUT2D eigenvalue weighted by molar-refractivity contribution is 5.43. The second-order valence-electron chi connectivity index (χ2n) is 4.98. The Morgan fingerprint density at radius 3 is 2.42 bits per heavy atom. The van der Waals surface area contributed by atoms with Gasteiger partial charge in [0, 0.05) is 0 Å². The van der Waals surface area contributed by atoms with Gasteiger partial charge in [-0.2, -0.15) is 10.5 Å². The Labute approximate surface area is 139 Å². The van der Waals surface area contributed by atoms with Gasteiger partial charge in [0.1, 0.15) is 48.3 Å². The number of nitriles is 2. The lowest BCUT2D eigenvalue weighted by atomic mass is 10.2. The molecule has 0 bridgehead atoms. The second kappa shape index (κ2) is 8.52. The minimum absolute atomic E-state index is 0.0190. The van der Waals surface area contributed by atoms with Crippen molar-refractivity contribution in [1.82, 2.24) is 0 Å². The van der Waals surface area contributed by atoms with E-state index in [-0.39, 0.29) is 24.5 Å². The zero-order valence-electron chi connectivity index (χ0n) is 12.8.